The second-order valence-electron chi connectivity index (χ2n) is 5.45. The minimum absolute atomic E-state index is 0.166. The molecule has 1 unspecified atom stereocenters. The minimum atomic E-state index is -1.14. The molecular formula is C11H26NPSi. The maximum atomic E-state index is 3.81. The van der Waals surface area contributed by atoms with E-state index in [1.54, 1.807) is 0 Å². The molecule has 1 atom stereocenters. The van der Waals surface area contributed by atoms with Crippen LogP contribution in [0.1, 0.15) is 27.7 Å². The van der Waals surface area contributed by atoms with Gasteiger partial charge in [0, 0.05) is 17.9 Å². The molecule has 0 amide bonds. The van der Waals surface area contributed by atoms with Crippen LogP contribution in [0.3, 0.4) is 0 Å². The van der Waals surface area contributed by atoms with Crippen LogP contribution in [0.5, 0.6) is 0 Å². The van der Waals surface area contributed by atoms with Gasteiger partial charge in [-0.15, -0.1) is 0 Å². The van der Waals surface area contributed by atoms with Crippen molar-refractivity contribution in [1.82, 2.24) is 4.67 Å². The molecule has 0 aromatic heterocycles. The fourth-order valence-electron chi connectivity index (χ4n) is 1.83. The van der Waals surface area contributed by atoms with Crippen LogP contribution in [0, 0.1) is 5.79 Å². The van der Waals surface area contributed by atoms with Crippen molar-refractivity contribution in [2.75, 3.05) is 6.66 Å². The van der Waals surface area contributed by atoms with Crippen LogP contribution in [0.2, 0.25) is 19.6 Å². The number of hydrogen-bond acceptors (Lipinski definition) is 1. The molecule has 1 nitrogen and oxygen atoms in total. The van der Waals surface area contributed by atoms with Gasteiger partial charge in [-0.1, -0.05) is 19.6 Å². The van der Waals surface area contributed by atoms with Crippen LogP contribution >= 0.6 is 8.07 Å². The predicted molar refractivity (Wildman–Crippen MR) is 71.5 cm³/mol. The molecule has 0 spiro atoms. The zero-order valence-electron chi connectivity index (χ0n) is 11.0. The molecule has 3 heteroatoms. The Balaban J connectivity index is 4.38. The fraction of sp³-hybridized carbons (Fsp3) is 0.909. The lowest BCUT2D eigenvalue weighted by molar-refractivity contribution is 0.325. The van der Waals surface area contributed by atoms with Crippen molar-refractivity contribution in [1.29, 1.82) is 0 Å². The molecule has 0 saturated carbocycles. The Morgan fingerprint density at radius 1 is 1.00 bits per heavy atom. The predicted octanol–water partition coefficient (Wildman–Crippen LogP) is 4.05. The summed E-state index contributed by atoms with van der Waals surface area (Å²) in [6.45, 7) is 18.6. The van der Waals surface area contributed by atoms with Crippen LogP contribution in [0.15, 0.2) is 0 Å². The van der Waals surface area contributed by atoms with Gasteiger partial charge in [0.15, 0.2) is 0 Å². The first-order chi connectivity index (χ1) is 6.15. The maximum Gasteiger partial charge on any atom is 0.0589 e. The Kier molecular flexibility index (Phi) is 5.87. The number of rotatable bonds is 5. The largest absolute Gasteiger partial charge is 0.277 e. The summed E-state index contributed by atoms with van der Waals surface area (Å²) in [5.41, 5.74) is 0. The topological polar surface area (TPSA) is 3.24 Å². The van der Waals surface area contributed by atoms with Gasteiger partial charge in [-0.2, -0.15) is 0 Å². The van der Waals surface area contributed by atoms with E-state index < -0.39 is 8.07 Å². The second kappa shape index (κ2) is 5.63. The normalized spacial score (nSPS) is 15.6. The highest BCUT2D eigenvalue weighted by atomic mass is 31.1. The van der Waals surface area contributed by atoms with Gasteiger partial charge in [0.25, 0.3) is 0 Å². The van der Waals surface area contributed by atoms with Gasteiger partial charge >= 0.3 is 0 Å². The van der Waals surface area contributed by atoms with Crippen LogP contribution in [0.4, 0.5) is 0 Å². The molecule has 0 aliphatic rings. The van der Waals surface area contributed by atoms with Crippen molar-refractivity contribution in [2.24, 2.45) is 0 Å². The first kappa shape index (κ1) is 14.6. The molecule has 2 radical (unpaired) electrons. The van der Waals surface area contributed by atoms with Gasteiger partial charge in [-0.3, -0.25) is 4.67 Å². The number of nitrogens with zero attached hydrogens (tertiary/aromatic N) is 1. The Morgan fingerprint density at radius 2 is 1.36 bits per heavy atom. The molecule has 0 aliphatic carbocycles. The quantitative estimate of drug-likeness (QED) is 0.510. The van der Waals surface area contributed by atoms with E-state index in [2.05, 4.69) is 64.5 Å². The van der Waals surface area contributed by atoms with E-state index in [9.17, 15) is 0 Å². The first-order valence-corrected chi connectivity index (χ1v) is 10.7. The lowest BCUT2D eigenvalue weighted by Crippen LogP contribution is -2.34. The van der Waals surface area contributed by atoms with Crippen molar-refractivity contribution in [3.63, 3.8) is 0 Å². The Morgan fingerprint density at radius 3 is 1.57 bits per heavy atom. The molecule has 0 aromatic carbocycles. The van der Waals surface area contributed by atoms with Gasteiger partial charge in [-0.25, -0.2) is 0 Å². The summed E-state index contributed by atoms with van der Waals surface area (Å²) < 4.78 is 2.59. The molecule has 0 rings (SSSR count). The molecular weight excluding hydrogens is 205 g/mol. The highest BCUT2D eigenvalue weighted by molar-refractivity contribution is 7.60. The summed E-state index contributed by atoms with van der Waals surface area (Å²) in [6, 6.07) is 1.27. The van der Waals surface area contributed by atoms with Crippen LogP contribution < -0.4 is 0 Å². The first-order valence-electron chi connectivity index (χ1n) is 5.45. The molecule has 0 bridgehead atoms. The van der Waals surface area contributed by atoms with E-state index in [0.717, 1.165) is 0 Å². The molecule has 0 aliphatic heterocycles. The SMILES string of the molecule is CC(C)N(C(C)C)P(C)[C][Si](C)(C)C. The Hall–Kier alpha value is 0.607. The van der Waals surface area contributed by atoms with E-state index in [1.807, 2.05) is 0 Å². The zero-order valence-corrected chi connectivity index (χ0v) is 12.9. The van der Waals surface area contributed by atoms with Gasteiger partial charge in [0.05, 0.1) is 8.07 Å². The van der Waals surface area contributed by atoms with Crippen molar-refractivity contribution < 1.29 is 0 Å². The lowest BCUT2D eigenvalue weighted by Gasteiger charge is -2.38. The molecule has 0 fully saturated rings. The third kappa shape index (κ3) is 5.48. The molecule has 0 aromatic rings. The summed E-state index contributed by atoms with van der Waals surface area (Å²) in [6.07, 6.45) is 0. The van der Waals surface area contributed by atoms with Gasteiger partial charge < -0.3 is 0 Å². The third-order valence-corrected chi connectivity index (χ3v) is 7.50. The zero-order chi connectivity index (χ0) is 11.5. The van der Waals surface area contributed by atoms with Crippen molar-refractivity contribution in [2.45, 2.75) is 59.4 Å². The van der Waals surface area contributed by atoms with Crippen molar-refractivity contribution in [3.05, 3.63) is 5.79 Å². The van der Waals surface area contributed by atoms with Gasteiger partial charge in [0.2, 0.25) is 0 Å². The van der Waals surface area contributed by atoms with E-state index in [0.29, 0.717) is 12.1 Å². The number of hydrogen-bond donors (Lipinski definition) is 0. The summed E-state index contributed by atoms with van der Waals surface area (Å²) in [5, 5.41) is 0. The van der Waals surface area contributed by atoms with Crippen LogP contribution in [-0.4, -0.2) is 31.5 Å². The van der Waals surface area contributed by atoms with E-state index >= 15 is 0 Å². The van der Waals surface area contributed by atoms with Crippen molar-refractivity contribution >= 4 is 16.1 Å². The van der Waals surface area contributed by atoms with Crippen molar-refractivity contribution in [3.8, 4) is 0 Å². The van der Waals surface area contributed by atoms with Crippen LogP contribution in [-0.2, 0) is 0 Å². The molecule has 0 saturated heterocycles. The molecule has 0 heterocycles. The summed E-state index contributed by atoms with van der Waals surface area (Å²) in [7, 11) is -1.30. The molecule has 84 valence electrons. The highest BCUT2D eigenvalue weighted by Gasteiger charge is 2.26. The Bertz CT molecular complexity index is 155. The third-order valence-electron chi connectivity index (χ3n) is 1.90. The maximum absolute atomic E-state index is 3.81. The van der Waals surface area contributed by atoms with E-state index in [4.69, 9.17) is 0 Å². The molecule has 14 heavy (non-hydrogen) atoms. The smallest absolute Gasteiger partial charge is 0.0589 e. The monoisotopic (exact) mass is 231 g/mol. The lowest BCUT2D eigenvalue weighted by atomic mass is 10.3. The molecule has 0 N–H and O–H groups in total. The average Bonchev–Trinajstić information content (AvgIpc) is 1.78. The summed E-state index contributed by atoms with van der Waals surface area (Å²) in [4.78, 5) is 0. The van der Waals surface area contributed by atoms with Gasteiger partial charge in [-0.05, 0) is 42.4 Å². The summed E-state index contributed by atoms with van der Waals surface area (Å²) >= 11 is 0. The summed E-state index contributed by atoms with van der Waals surface area (Å²) in [5.74, 6) is 3.81. The second-order valence-corrected chi connectivity index (χ2v) is 12.4. The van der Waals surface area contributed by atoms with Gasteiger partial charge in [0.1, 0.15) is 0 Å². The fourth-order valence-corrected chi connectivity index (χ4v) is 7.56. The standard InChI is InChI=1S/C11H26NPSi/c1-10(2)12(11(3)4)13(5)9-14(6,7)8/h10-11H,1-8H3. The Labute approximate surface area is 93.1 Å². The average molecular weight is 231 g/mol. The van der Waals surface area contributed by atoms with E-state index in [-0.39, 0.29) is 8.07 Å². The van der Waals surface area contributed by atoms with E-state index in [1.165, 1.54) is 0 Å². The minimum Gasteiger partial charge on any atom is -0.277 e. The highest BCUT2D eigenvalue weighted by Crippen LogP contribution is 2.45. The van der Waals surface area contributed by atoms with Crippen LogP contribution in [0.25, 0.3) is 0 Å².